The lowest BCUT2D eigenvalue weighted by molar-refractivity contribution is -0.130. The van der Waals surface area contributed by atoms with Crippen LogP contribution in [0.25, 0.3) is 0 Å². The minimum Gasteiger partial charge on any atom is -0.339 e. The molecule has 3 nitrogen and oxygen atoms in total. The van der Waals surface area contributed by atoms with Crippen molar-refractivity contribution in [3.63, 3.8) is 0 Å². The third kappa shape index (κ3) is 3.63. The Labute approximate surface area is 98.7 Å². The molecular formula is C13H24N2O. The van der Waals surface area contributed by atoms with Gasteiger partial charge in [0.25, 0.3) is 0 Å². The topological polar surface area (TPSA) is 46.3 Å². The molecule has 1 unspecified atom stereocenters. The van der Waals surface area contributed by atoms with Gasteiger partial charge in [-0.25, -0.2) is 0 Å². The van der Waals surface area contributed by atoms with Crippen LogP contribution in [0.3, 0.4) is 0 Å². The molecule has 16 heavy (non-hydrogen) atoms. The first-order valence-corrected chi connectivity index (χ1v) is 6.19. The monoisotopic (exact) mass is 224 g/mol. The zero-order chi connectivity index (χ0) is 12.1. The Hall–Kier alpha value is -0.830. The molecule has 1 saturated heterocycles. The largest absolute Gasteiger partial charge is 0.339 e. The Bertz CT molecular complexity index is 261. The van der Waals surface area contributed by atoms with Crippen LogP contribution < -0.4 is 5.73 Å². The van der Waals surface area contributed by atoms with Gasteiger partial charge in [-0.3, -0.25) is 4.79 Å². The van der Waals surface area contributed by atoms with Gasteiger partial charge in [0.05, 0.1) is 0 Å². The van der Waals surface area contributed by atoms with Crippen LogP contribution in [0.1, 0.15) is 33.1 Å². The maximum Gasteiger partial charge on any atom is 0.222 e. The fourth-order valence-corrected chi connectivity index (χ4v) is 2.23. The minimum atomic E-state index is 0.262. The third-order valence-corrected chi connectivity index (χ3v) is 3.50. The van der Waals surface area contributed by atoms with Gasteiger partial charge in [0, 0.05) is 26.1 Å². The highest BCUT2D eigenvalue weighted by molar-refractivity contribution is 5.76. The van der Waals surface area contributed by atoms with Crippen molar-refractivity contribution in [3.8, 4) is 0 Å². The second-order valence-corrected chi connectivity index (χ2v) is 5.10. The molecule has 0 aromatic carbocycles. The summed E-state index contributed by atoms with van der Waals surface area (Å²) < 4.78 is 0. The lowest BCUT2D eigenvalue weighted by Crippen LogP contribution is -2.33. The molecule has 0 radical (unpaired) electrons. The van der Waals surface area contributed by atoms with Crippen LogP contribution in [0.5, 0.6) is 0 Å². The van der Waals surface area contributed by atoms with Crippen LogP contribution in [0.2, 0.25) is 0 Å². The van der Waals surface area contributed by atoms with Crippen molar-refractivity contribution < 1.29 is 4.79 Å². The van der Waals surface area contributed by atoms with Crippen LogP contribution in [0, 0.1) is 11.8 Å². The van der Waals surface area contributed by atoms with Gasteiger partial charge < -0.3 is 10.6 Å². The van der Waals surface area contributed by atoms with E-state index in [0.717, 1.165) is 25.0 Å². The lowest BCUT2D eigenvalue weighted by Gasteiger charge is -2.22. The van der Waals surface area contributed by atoms with Crippen molar-refractivity contribution in [1.82, 2.24) is 4.90 Å². The Morgan fingerprint density at radius 3 is 2.81 bits per heavy atom. The van der Waals surface area contributed by atoms with Crippen molar-refractivity contribution >= 4 is 5.91 Å². The number of likely N-dealkylation sites (tertiary alicyclic amines) is 1. The summed E-state index contributed by atoms with van der Waals surface area (Å²) in [6.45, 7) is 10.3. The maximum atomic E-state index is 11.9. The molecule has 0 aromatic heterocycles. The van der Waals surface area contributed by atoms with Crippen LogP contribution in [-0.4, -0.2) is 30.4 Å². The standard InChI is InChI=1S/C13H24N2O/c1-10(2)12-4-5-13(16)15(7-6-12)9-11(3)8-14/h10,12H,3-9,14H2,1-2H3. The molecule has 1 fully saturated rings. The first kappa shape index (κ1) is 13.2. The van der Waals surface area contributed by atoms with Gasteiger partial charge in [0.15, 0.2) is 0 Å². The molecule has 1 amide bonds. The summed E-state index contributed by atoms with van der Waals surface area (Å²) in [7, 11) is 0. The molecule has 0 spiro atoms. The Balaban J connectivity index is 2.54. The van der Waals surface area contributed by atoms with E-state index in [2.05, 4.69) is 20.4 Å². The van der Waals surface area contributed by atoms with E-state index in [0.29, 0.717) is 31.3 Å². The quantitative estimate of drug-likeness (QED) is 0.740. The highest BCUT2D eigenvalue weighted by Crippen LogP contribution is 2.25. The van der Waals surface area contributed by atoms with E-state index in [1.54, 1.807) is 0 Å². The summed E-state index contributed by atoms with van der Waals surface area (Å²) in [5.41, 5.74) is 6.45. The van der Waals surface area contributed by atoms with Gasteiger partial charge in [0.2, 0.25) is 5.91 Å². The fraction of sp³-hybridized carbons (Fsp3) is 0.769. The summed E-state index contributed by atoms with van der Waals surface area (Å²) >= 11 is 0. The minimum absolute atomic E-state index is 0.262. The Morgan fingerprint density at radius 2 is 2.25 bits per heavy atom. The molecule has 1 aliphatic heterocycles. The molecule has 92 valence electrons. The van der Waals surface area contributed by atoms with Crippen molar-refractivity contribution in [2.75, 3.05) is 19.6 Å². The van der Waals surface area contributed by atoms with Gasteiger partial charge in [0.1, 0.15) is 0 Å². The summed E-state index contributed by atoms with van der Waals surface area (Å²) in [5.74, 6) is 1.61. The summed E-state index contributed by atoms with van der Waals surface area (Å²) in [6.07, 6.45) is 2.82. The normalized spacial score (nSPS) is 22.4. The smallest absolute Gasteiger partial charge is 0.222 e. The van der Waals surface area contributed by atoms with Gasteiger partial charge in [-0.1, -0.05) is 20.4 Å². The van der Waals surface area contributed by atoms with E-state index in [1.807, 2.05) is 4.90 Å². The van der Waals surface area contributed by atoms with E-state index in [1.165, 1.54) is 0 Å². The third-order valence-electron chi connectivity index (χ3n) is 3.50. The Kier molecular flexibility index (Phi) is 5.00. The molecule has 0 bridgehead atoms. The van der Waals surface area contributed by atoms with Gasteiger partial charge in [-0.05, 0) is 30.3 Å². The van der Waals surface area contributed by atoms with Gasteiger partial charge in [-0.2, -0.15) is 0 Å². The molecule has 1 heterocycles. The van der Waals surface area contributed by atoms with E-state index in [-0.39, 0.29) is 5.91 Å². The molecule has 2 N–H and O–H groups in total. The number of hydrogen-bond donors (Lipinski definition) is 1. The number of carbonyl (C=O) groups excluding carboxylic acids is 1. The van der Waals surface area contributed by atoms with E-state index in [4.69, 9.17) is 5.73 Å². The zero-order valence-electron chi connectivity index (χ0n) is 10.5. The fourth-order valence-electron chi connectivity index (χ4n) is 2.23. The first-order chi connectivity index (χ1) is 7.54. The summed E-state index contributed by atoms with van der Waals surface area (Å²) in [6, 6.07) is 0. The predicted molar refractivity (Wildman–Crippen MR) is 67.0 cm³/mol. The summed E-state index contributed by atoms with van der Waals surface area (Å²) in [5, 5.41) is 0. The number of nitrogens with zero attached hydrogens (tertiary/aromatic N) is 1. The SMILES string of the molecule is C=C(CN)CN1CCC(C(C)C)CCC1=O. The number of nitrogens with two attached hydrogens (primary N) is 1. The second kappa shape index (κ2) is 6.04. The van der Waals surface area contributed by atoms with Crippen LogP contribution >= 0.6 is 0 Å². The Morgan fingerprint density at radius 1 is 1.56 bits per heavy atom. The van der Waals surface area contributed by atoms with Gasteiger partial charge >= 0.3 is 0 Å². The first-order valence-electron chi connectivity index (χ1n) is 6.19. The summed E-state index contributed by atoms with van der Waals surface area (Å²) in [4.78, 5) is 13.8. The molecule has 1 aliphatic rings. The zero-order valence-corrected chi connectivity index (χ0v) is 10.5. The van der Waals surface area contributed by atoms with Crippen LogP contribution in [-0.2, 0) is 4.79 Å². The van der Waals surface area contributed by atoms with E-state index < -0.39 is 0 Å². The molecule has 1 rings (SSSR count). The average molecular weight is 224 g/mol. The highest BCUT2D eigenvalue weighted by Gasteiger charge is 2.24. The average Bonchev–Trinajstić information content (AvgIpc) is 2.42. The van der Waals surface area contributed by atoms with Crippen molar-refractivity contribution in [2.24, 2.45) is 17.6 Å². The molecule has 0 aromatic rings. The lowest BCUT2D eigenvalue weighted by atomic mass is 9.89. The number of amides is 1. The maximum absolute atomic E-state index is 11.9. The van der Waals surface area contributed by atoms with Crippen LogP contribution in [0.4, 0.5) is 0 Å². The van der Waals surface area contributed by atoms with Crippen LogP contribution in [0.15, 0.2) is 12.2 Å². The predicted octanol–water partition coefficient (Wildman–Crippen LogP) is 1.79. The molecule has 3 heteroatoms. The highest BCUT2D eigenvalue weighted by atomic mass is 16.2. The van der Waals surface area contributed by atoms with E-state index in [9.17, 15) is 4.79 Å². The van der Waals surface area contributed by atoms with E-state index >= 15 is 0 Å². The van der Waals surface area contributed by atoms with Gasteiger partial charge in [-0.15, -0.1) is 0 Å². The van der Waals surface area contributed by atoms with Crippen molar-refractivity contribution in [1.29, 1.82) is 0 Å². The number of rotatable bonds is 4. The molecule has 1 atom stereocenters. The molecular weight excluding hydrogens is 200 g/mol. The number of carbonyl (C=O) groups is 1. The van der Waals surface area contributed by atoms with Crippen molar-refractivity contribution in [2.45, 2.75) is 33.1 Å². The van der Waals surface area contributed by atoms with Crippen molar-refractivity contribution in [3.05, 3.63) is 12.2 Å². The number of hydrogen-bond acceptors (Lipinski definition) is 2. The second-order valence-electron chi connectivity index (χ2n) is 5.10. The molecule has 0 aliphatic carbocycles. The molecule has 0 saturated carbocycles.